The summed E-state index contributed by atoms with van der Waals surface area (Å²) in [5.41, 5.74) is 0.933. The second kappa shape index (κ2) is 6.25. The zero-order valence-corrected chi connectivity index (χ0v) is 11.9. The summed E-state index contributed by atoms with van der Waals surface area (Å²) in [5.74, 6) is 0.261. The molecule has 1 aromatic carbocycles. The monoisotopic (exact) mass is 290 g/mol. The first-order valence-corrected chi connectivity index (χ1v) is 6.74. The topological polar surface area (TPSA) is 55.8 Å². The minimum absolute atomic E-state index is 0.239. The summed E-state index contributed by atoms with van der Waals surface area (Å²) in [6.45, 7) is 0. The average molecular weight is 290 g/mol. The van der Waals surface area contributed by atoms with Crippen LogP contribution in [-0.4, -0.2) is 25.3 Å². The molecule has 0 aliphatic heterocycles. The van der Waals surface area contributed by atoms with Crippen molar-refractivity contribution >= 4 is 29.0 Å². The fraction of sp³-hybridized carbons (Fsp3) is 0.133. The van der Waals surface area contributed by atoms with Gasteiger partial charge in [0.2, 0.25) is 0 Å². The number of benzene rings is 1. The third-order valence-corrected chi connectivity index (χ3v) is 3.66. The number of carboxylic acid groups (broad SMARTS) is 1. The highest BCUT2D eigenvalue weighted by Gasteiger charge is 2.13. The minimum atomic E-state index is -0.967. The van der Waals surface area contributed by atoms with Crippen LogP contribution in [0.3, 0.4) is 0 Å². The maximum Gasteiger partial charge on any atom is 0.337 e. The molecule has 0 bridgehead atoms. The van der Waals surface area contributed by atoms with E-state index in [9.17, 15) is 9.90 Å². The molecular formula is C15H14O4S. The van der Waals surface area contributed by atoms with E-state index < -0.39 is 5.97 Å². The molecule has 0 unspecified atom stereocenters. The van der Waals surface area contributed by atoms with Crippen LogP contribution in [0.4, 0.5) is 0 Å². The molecule has 4 nitrogen and oxygen atoms in total. The van der Waals surface area contributed by atoms with Crippen molar-refractivity contribution in [1.82, 2.24) is 0 Å². The molecule has 0 saturated heterocycles. The molecule has 0 saturated carbocycles. The van der Waals surface area contributed by atoms with Gasteiger partial charge in [-0.05, 0) is 29.7 Å². The van der Waals surface area contributed by atoms with Gasteiger partial charge in [0.05, 0.1) is 19.8 Å². The first-order valence-electron chi connectivity index (χ1n) is 5.86. The predicted octanol–water partition coefficient (Wildman–Crippen LogP) is 3.39. The van der Waals surface area contributed by atoms with Gasteiger partial charge in [0.25, 0.3) is 0 Å². The van der Waals surface area contributed by atoms with Crippen LogP contribution in [0.25, 0.3) is 11.6 Å². The summed E-state index contributed by atoms with van der Waals surface area (Å²) in [4.78, 5) is 12.1. The van der Waals surface area contributed by atoms with Crippen LogP contribution in [0.1, 0.15) is 10.4 Å². The first-order chi connectivity index (χ1) is 9.65. The van der Waals surface area contributed by atoms with Gasteiger partial charge in [-0.25, -0.2) is 4.79 Å². The Balaban J connectivity index is 2.49. The van der Waals surface area contributed by atoms with Crippen LogP contribution in [0.2, 0.25) is 0 Å². The molecular weight excluding hydrogens is 276 g/mol. The minimum Gasteiger partial charge on any atom is -0.497 e. The third kappa shape index (κ3) is 3.00. The number of aliphatic carboxylic acids is 1. The molecule has 0 aliphatic rings. The van der Waals surface area contributed by atoms with Crippen LogP contribution < -0.4 is 9.47 Å². The van der Waals surface area contributed by atoms with Crippen LogP contribution in [-0.2, 0) is 4.79 Å². The van der Waals surface area contributed by atoms with E-state index in [2.05, 4.69) is 0 Å². The molecule has 0 fully saturated rings. The van der Waals surface area contributed by atoms with Gasteiger partial charge in [-0.15, -0.1) is 11.3 Å². The number of carboxylic acids is 1. The predicted molar refractivity (Wildman–Crippen MR) is 79.4 cm³/mol. The highest BCUT2D eigenvalue weighted by molar-refractivity contribution is 7.11. The normalized spacial score (nSPS) is 11.2. The Hall–Kier alpha value is -2.27. The molecule has 2 aromatic rings. The maximum absolute atomic E-state index is 11.4. The van der Waals surface area contributed by atoms with E-state index in [1.807, 2.05) is 11.4 Å². The Bertz CT molecular complexity index is 629. The van der Waals surface area contributed by atoms with Gasteiger partial charge in [0.15, 0.2) is 0 Å². The Morgan fingerprint density at radius 2 is 2.05 bits per heavy atom. The van der Waals surface area contributed by atoms with Gasteiger partial charge >= 0.3 is 5.97 Å². The van der Waals surface area contributed by atoms with Gasteiger partial charge in [0.1, 0.15) is 11.5 Å². The number of ether oxygens (including phenoxy) is 2. The summed E-state index contributed by atoms with van der Waals surface area (Å²) >= 11 is 1.39. The lowest BCUT2D eigenvalue weighted by atomic mass is 10.1. The van der Waals surface area contributed by atoms with Gasteiger partial charge in [0, 0.05) is 16.5 Å². The zero-order chi connectivity index (χ0) is 14.5. The second-order valence-electron chi connectivity index (χ2n) is 3.95. The summed E-state index contributed by atoms with van der Waals surface area (Å²) in [5, 5.41) is 11.2. The molecule has 1 aromatic heterocycles. The molecule has 20 heavy (non-hydrogen) atoms. The molecule has 0 amide bonds. The number of carbonyl (C=O) groups is 1. The van der Waals surface area contributed by atoms with Crippen LogP contribution in [0, 0.1) is 0 Å². The van der Waals surface area contributed by atoms with E-state index in [0.29, 0.717) is 21.9 Å². The Labute approximate surface area is 120 Å². The molecule has 1 N–H and O–H groups in total. The van der Waals surface area contributed by atoms with Crippen molar-refractivity contribution < 1.29 is 19.4 Å². The fourth-order valence-corrected chi connectivity index (χ4v) is 2.50. The Morgan fingerprint density at radius 3 is 2.60 bits per heavy atom. The van der Waals surface area contributed by atoms with Gasteiger partial charge in [-0.1, -0.05) is 6.07 Å². The van der Waals surface area contributed by atoms with Crippen LogP contribution in [0.5, 0.6) is 11.5 Å². The van der Waals surface area contributed by atoms with Crippen molar-refractivity contribution in [3.63, 3.8) is 0 Å². The number of hydrogen-bond acceptors (Lipinski definition) is 4. The summed E-state index contributed by atoms with van der Waals surface area (Å²) in [7, 11) is 3.11. The van der Waals surface area contributed by atoms with Crippen LogP contribution >= 0.6 is 11.3 Å². The first kappa shape index (κ1) is 14.1. The smallest absolute Gasteiger partial charge is 0.337 e. The van der Waals surface area contributed by atoms with Gasteiger partial charge in [-0.3, -0.25) is 0 Å². The van der Waals surface area contributed by atoms with E-state index in [0.717, 1.165) is 0 Å². The lowest BCUT2D eigenvalue weighted by Gasteiger charge is -2.08. The summed E-state index contributed by atoms with van der Waals surface area (Å²) < 4.78 is 10.4. The SMILES string of the molecule is COc1ccc(/C=C(\C(=O)O)c2cccs2)c(OC)c1. The van der Waals surface area contributed by atoms with Crippen molar-refractivity contribution in [1.29, 1.82) is 0 Å². The van der Waals surface area contributed by atoms with Crippen molar-refractivity contribution in [3.8, 4) is 11.5 Å². The molecule has 1 heterocycles. The molecule has 104 valence electrons. The third-order valence-electron chi connectivity index (χ3n) is 2.76. The quantitative estimate of drug-likeness (QED) is 0.858. The summed E-state index contributed by atoms with van der Waals surface area (Å²) in [6.07, 6.45) is 1.60. The highest BCUT2D eigenvalue weighted by Crippen LogP contribution is 2.30. The molecule has 0 spiro atoms. The average Bonchev–Trinajstić information content (AvgIpc) is 2.98. The second-order valence-corrected chi connectivity index (χ2v) is 4.90. The lowest BCUT2D eigenvalue weighted by Crippen LogP contribution is -1.98. The molecule has 2 rings (SSSR count). The van der Waals surface area contributed by atoms with Crippen molar-refractivity contribution in [2.24, 2.45) is 0 Å². The van der Waals surface area contributed by atoms with E-state index >= 15 is 0 Å². The van der Waals surface area contributed by atoms with Crippen molar-refractivity contribution in [2.75, 3.05) is 14.2 Å². The number of thiophene rings is 1. The molecule has 5 heteroatoms. The number of methoxy groups -OCH3 is 2. The molecule has 0 radical (unpaired) electrons. The fourth-order valence-electron chi connectivity index (χ4n) is 1.76. The Kier molecular flexibility index (Phi) is 4.42. The van der Waals surface area contributed by atoms with E-state index in [4.69, 9.17) is 9.47 Å². The molecule has 0 atom stereocenters. The number of rotatable bonds is 5. The number of hydrogen-bond donors (Lipinski definition) is 1. The van der Waals surface area contributed by atoms with Gasteiger partial charge in [-0.2, -0.15) is 0 Å². The maximum atomic E-state index is 11.4. The Morgan fingerprint density at radius 1 is 1.25 bits per heavy atom. The zero-order valence-electron chi connectivity index (χ0n) is 11.1. The van der Waals surface area contributed by atoms with Gasteiger partial charge < -0.3 is 14.6 Å². The standard InChI is InChI=1S/C15H14O4S/c1-18-11-6-5-10(13(9-11)19-2)8-12(15(16)17)14-4-3-7-20-14/h3-9H,1-2H3,(H,16,17)/b12-8-. The highest BCUT2D eigenvalue weighted by atomic mass is 32.1. The van der Waals surface area contributed by atoms with E-state index in [1.54, 1.807) is 37.5 Å². The largest absolute Gasteiger partial charge is 0.497 e. The van der Waals surface area contributed by atoms with E-state index in [-0.39, 0.29) is 5.57 Å². The van der Waals surface area contributed by atoms with Crippen molar-refractivity contribution in [3.05, 3.63) is 46.2 Å². The van der Waals surface area contributed by atoms with E-state index in [1.165, 1.54) is 18.4 Å². The summed E-state index contributed by atoms with van der Waals surface area (Å²) in [6, 6.07) is 8.86. The van der Waals surface area contributed by atoms with Crippen LogP contribution in [0.15, 0.2) is 35.7 Å². The molecule has 0 aliphatic carbocycles. The lowest BCUT2D eigenvalue weighted by molar-refractivity contribution is -0.130. The van der Waals surface area contributed by atoms with Crippen molar-refractivity contribution in [2.45, 2.75) is 0 Å².